The normalized spacial score (nSPS) is 19.5. The minimum Gasteiger partial charge on any atom is -0.491 e. The van der Waals surface area contributed by atoms with Crippen molar-refractivity contribution in [2.24, 2.45) is 4.99 Å². The number of aliphatic hydroxyl groups excluding tert-OH is 1. The molecule has 31 heavy (non-hydrogen) atoms. The van der Waals surface area contributed by atoms with Gasteiger partial charge in [-0.25, -0.2) is 0 Å². The van der Waals surface area contributed by atoms with Crippen LogP contribution in [-0.2, 0) is 4.79 Å². The Balaban J connectivity index is 1.30. The standard InChI is InChI=1S/C25H27NO3S2/c1-30-25-26-24(28)23(31-25)15-17-7-13-21(14-8-17)29-16-22(27)20-11-9-19(10-12-20)18-5-3-2-4-6-18/h7-15,18,22,27H,2-6,16H2,1H3. The fourth-order valence-corrected chi connectivity index (χ4v) is 5.41. The number of hydrogen-bond acceptors (Lipinski definition) is 5. The van der Waals surface area contributed by atoms with Gasteiger partial charge < -0.3 is 9.84 Å². The predicted octanol–water partition coefficient (Wildman–Crippen LogP) is 6.18. The summed E-state index contributed by atoms with van der Waals surface area (Å²) in [6.45, 7) is 0.197. The van der Waals surface area contributed by atoms with Gasteiger partial charge in [-0.2, -0.15) is 4.99 Å². The number of benzene rings is 2. The molecule has 6 heteroatoms. The van der Waals surface area contributed by atoms with E-state index in [0.717, 1.165) is 15.5 Å². The van der Waals surface area contributed by atoms with Crippen molar-refractivity contribution in [3.05, 3.63) is 70.1 Å². The van der Waals surface area contributed by atoms with Crippen LogP contribution in [0.2, 0.25) is 0 Å². The van der Waals surface area contributed by atoms with E-state index < -0.39 is 6.10 Å². The number of aliphatic imine (C=N–C) groups is 1. The number of amides is 1. The molecule has 0 saturated heterocycles. The predicted molar refractivity (Wildman–Crippen MR) is 131 cm³/mol. The smallest absolute Gasteiger partial charge is 0.285 e. The van der Waals surface area contributed by atoms with Crippen LogP contribution in [0.4, 0.5) is 0 Å². The minimum atomic E-state index is -0.670. The molecular weight excluding hydrogens is 426 g/mol. The Labute approximate surface area is 192 Å². The maximum atomic E-state index is 11.9. The highest BCUT2D eigenvalue weighted by atomic mass is 32.2. The summed E-state index contributed by atoms with van der Waals surface area (Å²) in [6, 6.07) is 15.9. The number of rotatable bonds is 6. The van der Waals surface area contributed by atoms with E-state index in [2.05, 4.69) is 17.1 Å². The van der Waals surface area contributed by atoms with Crippen molar-refractivity contribution in [3.63, 3.8) is 0 Å². The van der Waals surface area contributed by atoms with Crippen LogP contribution >= 0.6 is 23.5 Å². The van der Waals surface area contributed by atoms with Gasteiger partial charge in [0.2, 0.25) is 0 Å². The molecule has 4 nitrogen and oxygen atoms in total. The maximum Gasteiger partial charge on any atom is 0.285 e. The van der Waals surface area contributed by atoms with Gasteiger partial charge in [-0.3, -0.25) is 4.79 Å². The summed E-state index contributed by atoms with van der Waals surface area (Å²) in [6.07, 6.45) is 9.62. The Kier molecular flexibility index (Phi) is 7.54. The Bertz CT molecular complexity index is 961. The molecule has 0 bridgehead atoms. The topological polar surface area (TPSA) is 58.9 Å². The van der Waals surface area contributed by atoms with Crippen molar-refractivity contribution in [2.75, 3.05) is 12.9 Å². The van der Waals surface area contributed by atoms with Crippen molar-refractivity contribution < 1.29 is 14.6 Å². The summed E-state index contributed by atoms with van der Waals surface area (Å²) < 4.78 is 6.56. The summed E-state index contributed by atoms with van der Waals surface area (Å²) in [7, 11) is 0. The highest BCUT2D eigenvalue weighted by Gasteiger charge is 2.21. The molecule has 1 aliphatic heterocycles. The average molecular weight is 454 g/mol. The molecule has 1 fully saturated rings. The van der Waals surface area contributed by atoms with Crippen LogP contribution < -0.4 is 4.74 Å². The van der Waals surface area contributed by atoms with Gasteiger partial charge in [0.05, 0.1) is 4.91 Å². The van der Waals surface area contributed by atoms with Gasteiger partial charge >= 0.3 is 0 Å². The molecule has 2 aromatic carbocycles. The molecule has 1 heterocycles. The van der Waals surface area contributed by atoms with Crippen molar-refractivity contribution in [1.29, 1.82) is 0 Å². The molecule has 0 radical (unpaired) electrons. The van der Waals surface area contributed by atoms with Crippen molar-refractivity contribution in [3.8, 4) is 5.75 Å². The van der Waals surface area contributed by atoms with Crippen LogP contribution in [0.5, 0.6) is 5.75 Å². The summed E-state index contributed by atoms with van der Waals surface area (Å²) in [5.74, 6) is 1.17. The molecule has 1 aliphatic carbocycles. The molecule has 1 unspecified atom stereocenters. The minimum absolute atomic E-state index is 0.188. The van der Waals surface area contributed by atoms with Gasteiger partial charge in [-0.15, -0.1) is 11.8 Å². The second-order valence-corrected chi connectivity index (χ2v) is 9.98. The lowest BCUT2D eigenvalue weighted by Crippen LogP contribution is -2.10. The number of carbonyl (C=O) groups excluding carboxylic acids is 1. The molecule has 1 amide bonds. The highest BCUT2D eigenvalue weighted by molar-refractivity contribution is 8.40. The van der Waals surface area contributed by atoms with E-state index in [1.54, 1.807) is 0 Å². The first kappa shape index (κ1) is 22.2. The summed E-state index contributed by atoms with van der Waals surface area (Å²) in [5.41, 5.74) is 3.18. The monoisotopic (exact) mass is 453 g/mol. The number of hydrogen-bond donors (Lipinski definition) is 1. The van der Waals surface area contributed by atoms with Gasteiger partial charge in [0, 0.05) is 0 Å². The third-order valence-electron chi connectivity index (χ3n) is 5.76. The first-order valence-electron chi connectivity index (χ1n) is 10.7. The second-order valence-electron chi connectivity index (χ2n) is 7.90. The lowest BCUT2D eigenvalue weighted by atomic mass is 9.84. The Morgan fingerprint density at radius 1 is 1.13 bits per heavy atom. The van der Waals surface area contributed by atoms with Crippen LogP contribution in [0.1, 0.15) is 60.8 Å². The highest BCUT2D eigenvalue weighted by Crippen LogP contribution is 2.34. The molecule has 1 saturated carbocycles. The Hall–Kier alpha value is -2.02. The molecule has 4 rings (SSSR count). The number of ether oxygens (including phenoxy) is 1. The Morgan fingerprint density at radius 3 is 2.48 bits per heavy atom. The molecule has 2 aliphatic rings. The van der Waals surface area contributed by atoms with E-state index in [0.29, 0.717) is 16.6 Å². The third kappa shape index (κ3) is 5.82. The largest absolute Gasteiger partial charge is 0.491 e. The Morgan fingerprint density at radius 2 is 1.84 bits per heavy atom. The van der Waals surface area contributed by atoms with Crippen molar-refractivity contribution >= 4 is 39.9 Å². The zero-order valence-corrected chi connectivity index (χ0v) is 19.3. The number of thioether (sulfide) groups is 2. The third-order valence-corrected chi connectivity index (χ3v) is 7.73. The zero-order valence-electron chi connectivity index (χ0n) is 17.6. The summed E-state index contributed by atoms with van der Waals surface area (Å²) in [4.78, 5) is 16.5. The molecule has 2 aromatic rings. The maximum absolute atomic E-state index is 11.9. The van der Waals surface area contributed by atoms with Gasteiger partial charge in [-0.05, 0) is 59.9 Å². The van der Waals surface area contributed by atoms with Crippen molar-refractivity contribution in [1.82, 2.24) is 0 Å². The second kappa shape index (κ2) is 10.5. The van der Waals surface area contributed by atoms with E-state index in [9.17, 15) is 9.90 Å². The SMILES string of the molecule is CSC1=NC(=O)C(=Cc2ccc(OCC(O)c3ccc(C4CCCCC4)cc3)cc2)S1. The molecule has 0 aromatic heterocycles. The first-order valence-corrected chi connectivity index (χ1v) is 12.7. The van der Waals surface area contributed by atoms with Gasteiger partial charge in [-0.1, -0.05) is 67.4 Å². The van der Waals surface area contributed by atoms with E-state index in [1.165, 1.54) is 61.2 Å². The van der Waals surface area contributed by atoms with E-state index in [1.807, 2.05) is 48.7 Å². The van der Waals surface area contributed by atoms with Crippen LogP contribution in [0.15, 0.2) is 58.4 Å². The van der Waals surface area contributed by atoms with E-state index in [4.69, 9.17) is 4.74 Å². The molecule has 0 spiro atoms. The quantitative estimate of drug-likeness (QED) is 0.529. The lowest BCUT2D eigenvalue weighted by Gasteiger charge is -2.22. The van der Waals surface area contributed by atoms with E-state index in [-0.39, 0.29) is 12.5 Å². The number of carbonyl (C=O) groups is 1. The average Bonchev–Trinajstić information content (AvgIpc) is 3.18. The van der Waals surface area contributed by atoms with Gasteiger partial charge in [0.15, 0.2) is 0 Å². The van der Waals surface area contributed by atoms with Gasteiger partial charge in [0.1, 0.15) is 22.8 Å². The first-order chi connectivity index (χ1) is 15.1. The molecule has 162 valence electrons. The number of nitrogens with zero attached hydrogens (tertiary/aromatic N) is 1. The fourth-order valence-electron chi connectivity index (χ4n) is 3.99. The number of aliphatic hydroxyl groups is 1. The van der Waals surface area contributed by atoms with Crippen molar-refractivity contribution in [2.45, 2.75) is 44.1 Å². The van der Waals surface area contributed by atoms with Gasteiger partial charge in [0.25, 0.3) is 5.91 Å². The van der Waals surface area contributed by atoms with Crippen LogP contribution in [0, 0.1) is 0 Å². The fraction of sp³-hybridized carbons (Fsp3) is 0.360. The zero-order chi connectivity index (χ0) is 21.6. The summed E-state index contributed by atoms with van der Waals surface area (Å²) >= 11 is 2.88. The molecule has 1 atom stereocenters. The van der Waals surface area contributed by atoms with Crippen LogP contribution in [0.25, 0.3) is 6.08 Å². The molecule has 1 N–H and O–H groups in total. The van der Waals surface area contributed by atoms with Crippen LogP contribution in [-0.4, -0.2) is 28.3 Å². The lowest BCUT2D eigenvalue weighted by molar-refractivity contribution is -0.113. The van der Waals surface area contributed by atoms with E-state index >= 15 is 0 Å². The summed E-state index contributed by atoms with van der Waals surface area (Å²) in [5, 5.41) is 10.5. The van der Waals surface area contributed by atoms with Crippen LogP contribution in [0.3, 0.4) is 0 Å². The molecular formula is C25H27NO3S2.